The number of hydrogen-bond donors (Lipinski definition) is 0. The van der Waals surface area contributed by atoms with Gasteiger partial charge in [0.15, 0.2) is 18.1 Å². The summed E-state index contributed by atoms with van der Waals surface area (Å²) in [7, 11) is 0. The fourth-order valence-electron chi connectivity index (χ4n) is 3.80. The van der Waals surface area contributed by atoms with Crippen molar-refractivity contribution in [2.45, 2.75) is 20.4 Å². The predicted molar refractivity (Wildman–Crippen MR) is 148 cm³/mol. The first kappa shape index (κ1) is 26.0. The van der Waals surface area contributed by atoms with E-state index in [2.05, 4.69) is 22.6 Å². The number of ether oxygens (including phenoxy) is 3. The van der Waals surface area contributed by atoms with Gasteiger partial charge in [-0.2, -0.15) is 0 Å². The number of halogens is 1. The predicted octanol–water partition coefficient (Wildman–Crippen LogP) is 6.02. The van der Waals surface area contributed by atoms with Crippen LogP contribution >= 0.6 is 34.4 Å². The average Bonchev–Trinajstić information content (AvgIpc) is 3.11. The maximum atomic E-state index is 13.2. The molecule has 0 saturated carbocycles. The molecule has 36 heavy (non-hydrogen) atoms. The van der Waals surface area contributed by atoms with E-state index in [1.54, 1.807) is 19.1 Å². The van der Waals surface area contributed by atoms with Crippen molar-refractivity contribution in [3.63, 3.8) is 0 Å². The molecule has 1 fully saturated rings. The summed E-state index contributed by atoms with van der Waals surface area (Å²) in [5.41, 5.74) is 1.59. The normalized spacial score (nSPS) is 14.5. The van der Waals surface area contributed by atoms with Gasteiger partial charge in [-0.3, -0.25) is 14.5 Å². The Morgan fingerprint density at radius 3 is 2.58 bits per heavy atom. The van der Waals surface area contributed by atoms with E-state index >= 15 is 0 Å². The van der Waals surface area contributed by atoms with Crippen molar-refractivity contribution in [2.75, 3.05) is 19.8 Å². The van der Waals surface area contributed by atoms with Crippen molar-refractivity contribution < 1.29 is 28.6 Å². The molecule has 0 unspecified atom stereocenters. The monoisotopic (exact) mass is 617 g/mol. The number of benzene rings is 3. The Hall–Kier alpha value is -3.05. The fraction of sp³-hybridized carbons (Fsp3) is 0.222. The molecular weight excluding hydrogens is 593 g/mol. The molecule has 1 aliphatic rings. The van der Waals surface area contributed by atoms with E-state index < -0.39 is 5.97 Å². The summed E-state index contributed by atoms with van der Waals surface area (Å²) in [6.45, 7) is 4.18. The van der Waals surface area contributed by atoms with Gasteiger partial charge >= 0.3 is 5.97 Å². The van der Waals surface area contributed by atoms with Gasteiger partial charge in [-0.1, -0.05) is 42.5 Å². The smallest absolute Gasteiger partial charge is 0.344 e. The molecule has 0 bridgehead atoms. The molecule has 2 amide bonds. The number of nitrogens with zero attached hydrogens (tertiary/aromatic N) is 1. The molecule has 0 atom stereocenters. The number of amides is 2. The molecule has 1 heterocycles. The zero-order valence-electron chi connectivity index (χ0n) is 19.8. The van der Waals surface area contributed by atoms with Crippen molar-refractivity contribution >= 4 is 68.3 Å². The van der Waals surface area contributed by atoms with Crippen molar-refractivity contribution in [2.24, 2.45) is 0 Å². The quantitative estimate of drug-likeness (QED) is 0.165. The summed E-state index contributed by atoms with van der Waals surface area (Å²) in [6, 6.07) is 17.3. The third kappa shape index (κ3) is 5.84. The van der Waals surface area contributed by atoms with Gasteiger partial charge in [0, 0.05) is 0 Å². The lowest BCUT2D eigenvalue weighted by molar-refractivity contribution is -0.145. The number of esters is 1. The fourth-order valence-corrected chi connectivity index (χ4v) is 5.42. The van der Waals surface area contributed by atoms with Gasteiger partial charge in [0.25, 0.3) is 11.1 Å². The van der Waals surface area contributed by atoms with Gasteiger partial charge in [0.1, 0.15) is 0 Å². The van der Waals surface area contributed by atoms with Crippen molar-refractivity contribution in [1.29, 1.82) is 0 Å². The molecule has 1 aliphatic heterocycles. The van der Waals surface area contributed by atoms with E-state index in [1.807, 2.05) is 55.5 Å². The molecule has 7 nitrogen and oxygen atoms in total. The minimum absolute atomic E-state index is 0.200. The largest absolute Gasteiger partial charge is 0.490 e. The first-order valence-corrected chi connectivity index (χ1v) is 13.3. The first-order valence-electron chi connectivity index (χ1n) is 11.4. The number of imide groups is 1. The first-order chi connectivity index (χ1) is 17.4. The van der Waals surface area contributed by atoms with E-state index in [9.17, 15) is 14.4 Å². The minimum Gasteiger partial charge on any atom is -0.490 e. The minimum atomic E-state index is -0.473. The number of carbonyl (C=O) groups is 3. The van der Waals surface area contributed by atoms with Crippen molar-refractivity contribution in [3.8, 4) is 11.5 Å². The molecule has 3 aromatic carbocycles. The standard InChI is InChI=1S/C27H24INO6S/c1-3-33-22-13-17(12-21(28)25(22)35-16-24(30)34-4-2)14-23-26(31)29(27(32)36-23)15-19-10-7-9-18-8-5-6-11-20(18)19/h5-14H,3-4,15-16H2,1-2H3/b23-14+. The highest BCUT2D eigenvalue weighted by Gasteiger charge is 2.35. The third-order valence-electron chi connectivity index (χ3n) is 5.35. The Morgan fingerprint density at radius 2 is 1.81 bits per heavy atom. The van der Waals surface area contributed by atoms with Gasteiger partial charge in [-0.15, -0.1) is 0 Å². The molecule has 0 radical (unpaired) electrons. The van der Waals surface area contributed by atoms with Crippen LogP contribution in [0.5, 0.6) is 11.5 Å². The summed E-state index contributed by atoms with van der Waals surface area (Å²) in [5, 5.41) is 1.76. The molecule has 0 N–H and O–H groups in total. The Labute approximate surface area is 226 Å². The van der Waals surface area contributed by atoms with Crippen molar-refractivity contribution in [3.05, 3.63) is 74.2 Å². The molecule has 4 rings (SSSR count). The molecule has 0 spiro atoms. The highest BCUT2D eigenvalue weighted by atomic mass is 127. The zero-order chi connectivity index (χ0) is 25.7. The van der Waals surface area contributed by atoms with Crippen LogP contribution in [0.4, 0.5) is 4.79 Å². The summed E-state index contributed by atoms with van der Waals surface area (Å²) < 4.78 is 17.0. The van der Waals surface area contributed by atoms with Crippen LogP contribution < -0.4 is 9.47 Å². The molecule has 1 saturated heterocycles. The summed E-state index contributed by atoms with van der Waals surface area (Å²) in [4.78, 5) is 39.2. The van der Waals surface area contributed by atoms with Crippen LogP contribution in [0.1, 0.15) is 25.0 Å². The maximum Gasteiger partial charge on any atom is 0.344 e. The van der Waals surface area contributed by atoms with Gasteiger partial charge in [0.05, 0.1) is 28.2 Å². The molecule has 9 heteroatoms. The SMILES string of the molecule is CCOC(=O)COc1c(I)cc(/C=C2/SC(=O)N(Cc3cccc4ccccc34)C2=O)cc1OCC. The number of fused-ring (bicyclic) bond motifs is 1. The van der Waals surface area contributed by atoms with Crippen LogP contribution in [0.15, 0.2) is 59.5 Å². The molecule has 0 aliphatic carbocycles. The highest BCUT2D eigenvalue weighted by molar-refractivity contribution is 14.1. The van der Waals surface area contributed by atoms with E-state index in [0.29, 0.717) is 32.1 Å². The number of rotatable bonds is 9. The van der Waals surface area contributed by atoms with E-state index in [0.717, 1.165) is 28.1 Å². The van der Waals surface area contributed by atoms with Crippen molar-refractivity contribution in [1.82, 2.24) is 4.90 Å². The Kier molecular flexibility index (Phi) is 8.52. The number of carbonyl (C=O) groups excluding carboxylic acids is 3. The second-order valence-corrected chi connectivity index (χ2v) is 9.92. The highest BCUT2D eigenvalue weighted by Crippen LogP contribution is 2.38. The van der Waals surface area contributed by atoms with Crippen LogP contribution in [0.3, 0.4) is 0 Å². The van der Waals surface area contributed by atoms with E-state index in [1.165, 1.54) is 4.90 Å². The van der Waals surface area contributed by atoms with E-state index in [-0.39, 0.29) is 30.9 Å². The molecule has 3 aromatic rings. The second-order valence-electron chi connectivity index (χ2n) is 7.76. The van der Waals surface area contributed by atoms with Gasteiger partial charge in [-0.05, 0) is 88.3 Å². The second kappa shape index (κ2) is 11.8. The van der Waals surface area contributed by atoms with Gasteiger partial charge < -0.3 is 14.2 Å². The van der Waals surface area contributed by atoms with Crippen LogP contribution in [-0.2, 0) is 20.9 Å². The lowest BCUT2D eigenvalue weighted by Gasteiger charge is -2.15. The summed E-state index contributed by atoms with van der Waals surface area (Å²) in [5.74, 6) is 0.0508. The number of thioether (sulfide) groups is 1. The number of hydrogen-bond acceptors (Lipinski definition) is 7. The van der Waals surface area contributed by atoms with Gasteiger partial charge in [0.2, 0.25) is 0 Å². The Morgan fingerprint density at radius 1 is 1.03 bits per heavy atom. The summed E-state index contributed by atoms with van der Waals surface area (Å²) >= 11 is 3.00. The summed E-state index contributed by atoms with van der Waals surface area (Å²) in [6.07, 6.45) is 1.67. The maximum absolute atomic E-state index is 13.2. The third-order valence-corrected chi connectivity index (χ3v) is 7.06. The Balaban J connectivity index is 1.57. The Bertz CT molecular complexity index is 1350. The van der Waals surface area contributed by atoms with Gasteiger partial charge in [-0.25, -0.2) is 4.79 Å². The molecule has 0 aromatic heterocycles. The topological polar surface area (TPSA) is 82.1 Å². The molecule has 186 valence electrons. The molecular formula is C27H24INO6S. The van der Waals surface area contributed by atoms with Crippen LogP contribution in [0.25, 0.3) is 16.8 Å². The van der Waals surface area contributed by atoms with Crippen LogP contribution in [0.2, 0.25) is 0 Å². The lowest BCUT2D eigenvalue weighted by atomic mass is 10.0. The van der Waals surface area contributed by atoms with Crippen LogP contribution in [0, 0.1) is 3.57 Å². The average molecular weight is 617 g/mol. The van der Waals surface area contributed by atoms with Crippen LogP contribution in [-0.4, -0.2) is 41.8 Å². The lowest BCUT2D eigenvalue weighted by Crippen LogP contribution is -2.27. The zero-order valence-corrected chi connectivity index (χ0v) is 22.8. The van der Waals surface area contributed by atoms with E-state index in [4.69, 9.17) is 14.2 Å².